The summed E-state index contributed by atoms with van der Waals surface area (Å²) < 4.78 is 17.5. The van der Waals surface area contributed by atoms with Crippen LogP contribution in [-0.4, -0.2) is 47.1 Å². The van der Waals surface area contributed by atoms with Gasteiger partial charge in [0.15, 0.2) is 17.7 Å². The topological polar surface area (TPSA) is 119 Å². The summed E-state index contributed by atoms with van der Waals surface area (Å²) in [6.07, 6.45) is 9.60. The van der Waals surface area contributed by atoms with Gasteiger partial charge in [0.25, 0.3) is 0 Å². The highest BCUT2D eigenvalue weighted by atomic mass is 16.6. The number of hydrogen-bond donors (Lipinski definition) is 2. The zero-order chi connectivity index (χ0) is 34.8. The summed E-state index contributed by atoms with van der Waals surface area (Å²) in [6, 6.07) is 26.1. The van der Waals surface area contributed by atoms with Gasteiger partial charge in [-0.3, -0.25) is 14.4 Å². The SMILES string of the molecule is CCCCCCCCCCCC(=O)OC(COc1ccc(C(=O)c2ccccc2)c(O)c1)COc1ccc(C(=O)c2ccccc2)c(O)c1. The van der Waals surface area contributed by atoms with Crippen LogP contribution >= 0.6 is 0 Å². The Bertz CT molecular complexity index is 1530. The summed E-state index contributed by atoms with van der Waals surface area (Å²) in [7, 11) is 0. The van der Waals surface area contributed by atoms with E-state index in [2.05, 4.69) is 6.92 Å². The molecule has 0 aromatic heterocycles. The molecule has 0 aliphatic carbocycles. The number of unbranched alkanes of at least 4 members (excludes halogenated alkanes) is 8. The molecule has 2 N–H and O–H groups in total. The molecule has 8 heteroatoms. The average Bonchev–Trinajstić information content (AvgIpc) is 3.12. The predicted molar refractivity (Wildman–Crippen MR) is 189 cm³/mol. The molecule has 0 spiro atoms. The van der Waals surface area contributed by atoms with Gasteiger partial charge in [-0.05, 0) is 30.7 Å². The molecular formula is C41H46O8. The number of carbonyl (C=O) groups excluding carboxylic acids is 3. The fourth-order valence-corrected chi connectivity index (χ4v) is 5.40. The second-order valence-electron chi connectivity index (χ2n) is 12.1. The van der Waals surface area contributed by atoms with E-state index in [9.17, 15) is 24.6 Å². The average molecular weight is 667 g/mol. The lowest BCUT2D eigenvalue weighted by molar-refractivity contribution is -0.152. The van der Waals surface area contributed by atoms with Crippen molar-refractivity contribution >= 4 is 17.5 Å². The van der Waals surface area contributed by atoms with Gasteiger partial charge in [0.05, 0.1) is 11.1 Å². The van der Waals surface area contributed by atoms with E-state index in [1.165, 1.54) is 56.4 Å². The summed E-state index contributed by atoms with van der Waals surface area (Å²) in [4.78, 5) is 38.5. The molecule has 0 saturated carbocycles. The molecule has 0 aliphatic heterocycles. The summed E-state index contributed by atoms with van der Waals surface area (Å²) in [5, 5.41) is 21.2. The highest BCUT2D eigenvalue weighted by Crippen LogP contribution is 2.28. The first-order valence-corrected chi connectivity index (χ1v) is 17.2. The number of hydrogen-bond acceptors (Lipinski definition) is 8. The van der Waals surface area contributed by atoms with Crippen molar-refractivity contribution in [1.82, 2.24) is 0 Å². The summed E-state index contributed by atoms with van der Waals surface area (Å²) in [5.41, 5.74) is 1.18. The minimum Gasteiger partial charge on any atom is -0.507 e. The summed E-state index contributed by atoms with van der Waals surface area (Å²) in [6.45, 7) is 2.02. The van der Waals surface area contributed by atoms with Gasteiger partial charge in [0.2, 0.25) is 0 Å². The maximum Gasteiger partial charge on any atom is 0.306 e. The van der Waals surface area contributed by atoms with Crippen molar-refractivity contribution in [3.8, 4) is 23.0 Å². The quantitative estimate of drug-likeness (QED) is 0.0514. The number of ether oxygens (including phenoxy) is 3. The van der Waals surface area contributed by atoms with E-state index in [0.29, 0.717) is 11.1 Å². The lowest BCUT2D eigenvalue weighted by Crippen LogP contribution is -2.31. The Hall–Kier alpha value is -5.11. The molecule has 0 bridgehead atoms. The molecule has 0 atom stereocenters. The minimum absolute atomic E-state index is 0.0918. The van der Waals surface area contributed by atoms with Crippen molar-refractivity contribution in [1.29, 1.82) is 0 Å². The monoisotopic (exact) mass is 666 g/mol. The van der Waals surface area contributed by atoms with Crippen LogP contribution in [0.1, 0.15) is 103 Å². The van der Waals surface area contributed by atoms with Gasteiger partial charge in [-0.15, -0.1) is 0 Å². The normalized spacial score (nSPS) is 10.9. The molecule has 49 heavy (non-hydrogen) atoms. The molecule has 4 rings (SSSR count). The smallest absolute Gasteiger partial charge is 0.306 e. The van der Waals surface area contributed by atoms with Gasteiger partial charge in [-0.1, -0.05) is 119 Å². The number of ketones is 2. The Balaban J connectivity index is 1.35. The molecule has 0 unspecified atom stereocenters. The minimum atomic E-state index is -0.827. The summed E-state index contributed by atoms with van der Waals surface area (Å²) in [5.74, 6) is -0.920. The third kappa shape index (κ3) is 11.8. The molecular weight excluding hydrogens is 620 g/mol. The van der Waals surface area contributed by atoms with Crippen LogP contribution < -0.4 is 9.47 Å². The first-order chi connectivity index (χ1) is 23.9. The maximum atomic E-state index is 12.8. The Labute approximate surface area is 288 Å². The van der Waals surface area contributed by atoms with Crippen LogP contribution in [0.4, 0.5) is 0 Å². The van der Waals surface area contributed by atoms with Crippen LogP contribution in [0.2, 0.25) is 0 Å². The zero-order valence-electron chi connectivity index (χ0n) is 28.1. The van der Waals surface area contributed by atoms with Crippen molar-refractivity contribution in [2.75, 3.05) is 13.2 Å². The number of benzene rings is 4. The van der Waals surface area contributed by atoms with Crippen molar-refractivity contribution in [3.05, 3.63) is 119 Å². The van der Waals surface area contributed by atoms with Crippen LogP contribution in [0.25, 0.3) is 0 Å². The van der Waals surface area contributed by atoms with Gasteiger partial charge in [-0.25, -0.2) is 0 Å². The van der Waals surface area contributed by atoms with Crippen molar-refractivity contribution in [3.63, 3.8) is 0 Å². The number of rotatable bonds is 21. The number of carbonyl (C=O) groups is 3. The van der Waals surface area contributed by atoms with Gasteiger partial charge in [0.1, 0.15) is 36.2 Å². The maximum absolute atomic E-state index is 12.8. The second kappa shape index (κ2) is 19.6. The number of esters is 1. The predicted octanol–water partition coefficient (Wildman–Crippen LogP) is 8.85. The molecule has 4 aromatic rings. The Morgan fingerprint density at radius 1 is 0.571 bits per heavy atom. The van der Waals surface area contributed by atoms with Gasteiger partial charge < -0.3 is 24.4 Å². The number of aromatic hydroxyl groups is 2. The summed E-state index contributed by atoms with van der Waals surface area (Å²) >= 11 is 0. The van der Waals surface area contributed by atoms with E-state index in [4.69, 9.17) is 14.2 Å². The third-order valence-corrected chi connectivity index (χ3v) is 8.15. The molecule has 8 nitrogen and oxygen atoms in total. The van der Waals surface area contributed by atoms with E-state index in [1.54, 1.807) is 60.7 Å². The van der Waals surface area contributed by atoms with Crippen molar-refractivity contribution in [2.24, 2.45) is 0 Å². The Kier molecular flexibility index (Phi) is 14.7. The fourth-order valence-electron chi connectivity index (χ4n) is 5.40. The lowest BCUT2D eigenvalue weighted by Gasteiger charge is -2.20. The van der Waals surface area contributed by atoms with E-state index >= 15 is 0 Å². The molecule has 0 amide bonds. The van der Waals surface area contributed by atoms with Crippen LogP contribution in [0, 0.1) is 0 Å². The molecule has 0 aliphatic rings. The van der Waals surface area contributed by atoms with Gasteiger partial charge in [0, 0.05) is 29.7 Å². The Morgan fingerprint density at radius 3 is 1.43 bits per heavy atom. The van der Waals surface area contributed by atoms with Crippen LogP contribution in [0.15, 0.2) is 97.1 Å². The molecule has 0 fully saturated rings. The second-order valence-corrected chi connectivity index (χ2v) is 12.1. The lowest BCUT2D eigenvalue weighted by atomic mass is 10.0. The van der Waals surface area contributed by atoms with Crippen LogP contribution in [-0.2, 0) is 9.53 Å². The largest absolute Gasteiger partial charge is 0.507 e. The van der Waals surface area contributed by atoms with Gasteiger partial charge in [-0.2, -0.15) is 0 Å². The number of phenols is 2. The fraction of sp³-hybridized carbons (Fsp3) is 0.341. The molecule has 258 valence electrons. The van der Waals surface area contributed by atoms with E-state index in [-0.39, 0.29) is 71.3 Å². The highest BCUT2D eigenvalue weighted by Gasteiger charge is 2.20. The van der Waals surface area contributed by atoms with Crippen molar-refractivity contribution in [2.45, 2.75) is 77.2 Å². The van der Waals surface area contributed by atoms with Gasteiger partial charge >= 0.3 is 5.97 Å². The highest BCUT2D eigenvalue weighted by molar-refractivity contribution is 6.11. The van der Waals surface area contributed by atoms with E-state index in [0.717, 1.165) is 25.7 Å². The van der Waals surface area contributed by atoms with Crippen LogP contribution in [0.5, 0.6) is 23.0 Å². The van der Waals surface area contributed by atoms with Crippen LogP contribution in [0.3, 0.4) is 0 Å². The van der Waals surface area contributed by atoms with E-state index < -0.39 is 6.10 Å². The zero-order valence-corrected chi connectivity index (χ0v) is 28.1. The standard InChI is InChI=1S/C41H46O8/c1-2-3-4-5-6-7-8-9-16-21-39(44)49-34(28-47-32-22-24-35(37(42)26-32)40(45)30-17-12-10-13-18-30)29-48-33-23-25-36(38(43)27-33)41(46)31-19-14-11-15-20-31/h10-15,17-20,22-27,34,42-43H,2-9,16,21,28-29H2,1H3. The first-order valence-electron chi connectivity index (χ1n) is 17.2. The first kappa shape index (κ1) is 36.7. The Morgan fingerprint density at radius 2 is 1.00 bits per heavy atom. The van der Waals surface area contributed by atoms with Crippen molar-refractivity contribution < 1.29 is 38.8 Å². The molecule has 0 radical (unpaired) electrons. The van der Waals surface area contributed by atoms with E-state index in [1.807, 2.05) is 12.1 Å². The third-order valence-electron chi connectivity index (χ3n) is 8.15. The molecule has 0 saturated heterocycles. The number of phenolic OH excluding ortho intramolecular Hbond substituents is 2. The molecule has 4 aromatic carbocycles. The molecule has 0 heterocycles.